The fraction of sp³-hybridized carbons (Fsp3) is 0.500. The molecule has 1 saturated carbocycles. The highest BCUT2D eigenvalue weighted by Crippen LogP contribution is 2.22. The summed E-state index contributed by atoms with van der Waals surface area (Å²) in [6.07, 6.45) is 2.78. The first-order valence-electron chi connectivity index (χ1n) is 6.18. The second-order valence-electron chi connectivity index (χ2n) is 4.49. The zero-order valence-electron chi connectivity index (χ0n) is 10.2. The Kier molecular flexibility index (Phi) is 4.21. The Labute approximate surface area is 108 Å². The predicted octanol–water partition coefficient (Wildman–Crippen LogP) is 0.888. The van der Waals surface area contributed by atoms with Gasteiger partial charge in [0, 0.05) is 18.3 Å². The summed E-state index contributed by atoms with van der Waals surface area (Å²) in [5, 5.41) is 3.18. The van der Waals surface area contributed by atoms with Crippen LogP contribution in [0.1, 0.15) is 19.3 Å². The topological polar surface area (TPSA) is 84.2 Å². The normalized spacial score (nSPS) is 15.6. The van der Waals surface area contributed by atoms with Gasteiger partial charge in [-0.2, -0.15) is 0 Å². The maximum absolute atomic E-state index is 11.9. The lowest BCUT2D eigenvalue weighted by Crippen LogP contribution is -2.25. The summed E-state index contributed by atoms with van der Waals surface area (Å²) in [6, 6.07) is 6.93. The Morgan fingerprint density at radius 3 is 2.44 bits per heavy atom. The SMILES string of the molecule is NCCCNc1ccc(S(=O)(=O)NC2CC2)cc1. The molecule has 0 amide bonds. The van der Waals surface area contributed by atoms with Gasteiger partial charge in [0.2, 0.25) is 10.0 Å². The Bertz CT molecular complexity index is 481. The molecule has 5 nitrogen and oxygen atoms in total. The average Bonchev–Trinajstić information content (AvgIpc) is 3.13. The molecule has 1 aliphatic carbocycles. The number of anilines is 1. The fourth-order valence-corrected chi connectivity index (χ4v) is 2.88. The molecule has 1 aliphatic rings. The van der Waals surface area contributed by atoms with Gasteiger partial charge >= 0.3 is 0 Å². The van der Waals surface area contributed by atoms with Crippen LogP contribution < -0.4 is 15.8 Å². The van der Waals surface area contributed by atoms with Crippen LogP contribution in [0.4, 0.5) is 5.69 Å². The van der Waals surface area contributed by atoms with E-state index in [-0.39, 0.29) is 6.04 Å². The van der Waals surface area contributed by atoms with E-state index in [0.717, 1.165) is 31.5 Å². The third kappa shape index (κ3) is 3.69. The number of nitrogens with two attached hydrogens (primary N) is 1. The lowest BCUT2D eigenvalue weighted by atomic mass is 10.3. The number of hydrogen-bond donors (Lipinski definition) is 3. The second-order valence-corrected chi connectivity index (χ2v) is 6.20. The Hall–Kier alpha value is -1.11. The maximum Gasteiger partial charge on any atom is 0.240 e. The van der Waals surface area contributed by atoms with Gasteiger partial charge in [-0.15, -0.1) is 0 Å². The molecule has 0 saturated heterocycles. The van der Waals surface area contributed by atoms with Gasteiger partial charge in [-0.1, -0.05) is 0 Å². The largest absolute Gasteiger partial charge is 0.385 e. The zero-order chi connectivity index (χ0) is 13.0. The van der Waals surface area contributed by atoms with E-state index in [4.69, 9.17) is 5.73 Å². The molecule has 0 aliphatic heterocycles. The predicted molar refractivity (Wildman–Crippen MR) is 71.9 cm³/mol. The molecule has 0 atom stereocenters. The van der Waals surface area contributed by atoms with Crippen molar-refractivity contribution in [1.29, 1.82) is 0 Å². The highest BCUT2D eigenvalue weighted by molar-refractivity contribution is 7.89. The van der Waals surface area contributed by atoms with Crippen LogP contribution in [0, 0.1) is 0 Å². The van der Waals surface area contributed by atoms with Crippen LogP contribution in [0.15, 0.2) is 29.2 Å². The molecule has 0 unspecified atom stereocenters. The highest BCUT2D eigenvalue weighted by Gasteiger charge is 2.27. The van der Waals surface area contributed by atoms with Crippen LogP contribution >= 0.6 is 0 Å². The van der Waals surface area contributed by atoms with Gasteiger partial charge < -0.3 is 11.1 Å². The van der Waals surface area contributed by atoms with Crippen molar-refractivity contribution in [3.8, 4) is 0 Å². The number of benzene rings is 1. The van der Waals surface area contributed by atoms with Crippen molar-refractivity contribution in [3.05, 3.63) is 24.3 Å². The minimum absolute atomic E-state index is 0.136. The molecule has 1 fully saturated rings. The van der Waals surface area contributed by atoms with Crippen molar-refractivity contribution in [2.24, 2.45) is 5.73 Å². The Morgan fingerprint density at radius 1 is 1.22 bits per heavy atom. The summed E-state index contributed by atoms with van der Waals surface area (Å²) in [6.45, 7) is 1.44. The summed E-state index contributed by atoms with van der Waals surface area (Å²) < 4.78 is 26.5. The van der Waals surface area contributed by atoms with Crippen molar-refractivity contribution >= 4 is 15.7 Å². The first-order chi connectivity index (χ1) is 8.62. The highest BCUT2D eigenvalue weighted by atomic mass is 32.2. The third-order valence-electron chi connectivity index (χ3n) is 2.77. The molecule has 0 spiro atoms. The van der Waals surface area contributed by atoms with E-state index >= 15 is 0 Å². The second kappa shape index (κ2) is 5.69. The summed E-state index contributed by atoms with van der Waals surface area (Å²) >= 11 is 0. The average molecular weight is 269 g/mol. The Morgan fingerprint density at radius 2 is 1.89 bits per heavy atom. The molecule has 0 aromatic heterocycles. The molecule has 1 aromatic rings. The number of rotatable bonds is 7. The summed E-state index contributed by atoms with van der Waals surface area (Å²) in [5.74, 6) is 0. The van der Waals surface area contributed by atoms with Crippen molar-refractivity contribution in [1.82, 2.24) is 4.72 Å². The van der Waals surface area contributed by atoms with E-state index in [1.807, 2.05) is 0 Å². The third-order valence-corrected chi connectivity index (χ3v) is 4.31. The van der Waals surface area contributed by atoms with Crippen LogP contribution in [0.2, 0.25) is 0 Å². The van der Waals surface area contributed by atoms with Gasteiger partial charge in [0.1, 0.15) is 0 Å². The molecule has 0 radical (unpaired) electrons. The molecule has 100 valence electrons. The Balaban J connectivity index is 1.97. The molecule has 1 aromatic carbocycles. The monoisotopic (exact) mass is 269 g/mol. The number of hydrogen-bond acceptors (Lipinski definition) is 4. The van der Waals surface area contributed by atoms with Gasteiger partial charge in [-0.05, 0) is 50.1 Å². The number of sulfonamides is 1. The molecule has 4 N–H and O–H groups in total. The van der Waals surface area contributed by atoms with Crippen LogP contribution in [-0.4, -0.2) is 27.5 Å². The first kappa shape index (κ1) is 13.3. The molecule has 0 heterocycles. The summed E-state index contributed by atoms with van der Waals surface area (Å²) in [4.78, 5) is 0.318. The summed E-state index contributed by atoms with van der Waals surface area (Å²) in [5.41, 5.74) is 6.31. The van der Waals surface area contributed by atoms with Crippen molar-refractivity contribution in [2.45, 2.75) is 30.2 Å². The van der Waals surface area contributed by atoms with E-state index in [1.165, 1.54) is 0 Å². The molecular weight excluding hydrogens is 250 g/mol. The van der Waals surface area contributed by atoms with Gasteiger partial charge in [-0.25, -0.2) is 13.1 Å². The van der Waals surface area contributed by atoms with Crippen molar-refractivity contribution in [2.75, 3.05) is 18.4 Å². The van der Waals surface area contributed by atoms with Gasteiger partial charge in [0.15, 0.2) is 0 Å². The molecule has 0 bridgehead atoms. The van der Waals surface area contributed by atoms with Crippen LogP contribution in [0.3, 0.4) is 0 Å². The van der Waals surface area contributed by atoms with Crippen LogP contribution in [0.5, 0.6) is 0 Å². The lowest BCUT2D eigenvalue weighted by Gasteiger charge is -2.08. The van der Waals surface area contributed by atoms with E-state index in [9.17, 15) is 8.42 Å². The summed E-state index contributed by atoms with van der Waals surface area (Å²) in [7, 11) is -3.34. The molecule has 2 rings (SSSR count). The smallest absolute Gasteiger partial charge is 0.240 e. The minimum Gasteiger partial charge on any atom is -0.385 e. The zero-order valence-corrected chi connectivity index (χ0v) is 11.0. The van der Waals surface area contributed by atoms with Gasteiger partial charge in [0.25, 0.3) is 0 Å². The minimum atomic E-state index is -3.34. The molecular formula is C12H19N3O2S. The van der Waals surface area contributed by atoms with E-state index in [1.54, 1.807) is 24.3 Å². The molecule has 18 heavy (non-hydrogen) atoms. The van der Waals surface area contributed by atoms with Gasteiger partial charge in [-0.3, -0.25) is 0 Å². The maximum atomic E-state index is 11.9. The van der Waals surface area contributed by atoms with Crippen molar-refractivity contribution in [3.63, 3.8) is 0 Å². The van der Waals surface area contributed by atoms with E-state index < -0.39 is 10.0 Å². The number of nitrogens with one attached hydrogen (secondary N) is 2. The van der Waals surface area contributed by atoms with Crippen LogP contribution in [0.25, 0.3) is 0 Å². The lowest BCUT2D eigenvalue weighted by molar-refractivity contribution is 0.581. The van der Waals surface area contributed by atoms with Crippen LogP contribution in [-0.2, 0) is 10.0 Å². The molecule has 6 heteroatoms. The quantitative estimate of drug-likeness (QED) is 0.642. The van der Waals surface area contributed by atoms with Gasteiger partial charge in [0.05, 0.1) is 4.90 Å². The van der Waals surface area contributed by atoms with E-state index in [0.29, 0.717) is 11.4 Å². The fourth-order valence-electron chi connectivity index (χ4n) is 1.58. The van der Waals surface area contributed by atoms with E-state index in [2.05, 4.69) is 10.0 Å². The first-order valence-corrected chi connectivity index (χ1v) is 7.66. The standard InChI is InChI=1S/C12H19N3O2S/c13-8-1-9-14-10-4-6-12(7-5-10)18(16,17)15-11-2-3-11/h4-7,11,14-15H,1-3,8-9,13H2. The van der Waals surface area contributed by atoms with Crippen molar-refractivity contribution < 1.29 is 8.42 Å².